The highest BCUT2D eigenvalue weighted by Gasteiger charge is 2.55. The third kappa shape index (κ3) is 26.2. The van der Waals surface area contributed by atoms with Gasteiger partial charge in [0.1, 0.15) is 136 Å². The number of carbonyl (C=O) groups excluding carboxylic acids is 5. The summed E-state index contributed by atoms with van der Waals surface area (Å²) in [5, 5.41) is 0. The first-order chi connectivity index (χ1) is 64.9. The summed E-state index contributed by atoms with van der Waals surface area (Å²) in [6.45, 7) is -0.400. The quantitative estimate of drug-likeness (QED) is 0.0256. The Morgan fingerprint density at radius 3 is 0.553 bits per heavy atom. The Labute approximate surface area is 764 Å². The fourth-order valence-electron chi connectivity index (χ4n) is 14.2. The van der Waals surface area contributed by atoms with E-state index in [1.54, 1.807) is 30.3 Å². The molecule has 15 aromatic carbocycles. The molecule has 21 nitrogen and oxygen atoms in total. The maximum Gasteiger partial charge on any atom is 0.340 e. The zero-order valence-corrected chi connectivity index (χ0v) is 71.8. The monoisotopic (exact) mass is 1760 g/mol. The second-order valence-corrected chi connectivity index (χ2v) is 30.9. The van der Waals surface area contributed by atoms with Crippen molar-refractivity contribution in [2.45, 2.75) is 96.8 Å². The molecule has 1 fully saturated rings. The first kappa shape index (κ1) is 89.0. The number of benzene rings is 15. The van der Waals surface area contributed by atoms with Crippen molar-refractivity contribution in [2.75, 3.05) is 6.61 Å². The lowest BCUT2D eigenvalue weighted by Crippen LogP contribution is -2.63. The van der Waals surface area contributed by atoms with Gasteiger partial charge in [-0.2, -0.15) is 0 Å². The van der Waals surface area contributed by atoms with Crippen LogP contribution in [0.4, 0.5) is 0 Å². The third-order valence-corrected chi connectivity index (χ3v) is 21.0. The van der Waals surface area contributed by atoms with E-state index < -0.39 is 67.2 Å². The molecule has 662 valence electrons. The largest absolute Gasteiger partial charge is 0.489 e. The molecule has 1 saturated heterocycles. The lowest BCUT2D eigenvalue weighted by molar-refractivity contribution is -0.282. The standard InChI is InChI=1S/C111H92O21/c112-106(87-51-92(117-66-77-31-11-1-12-32-77)61-93(52-87)118-67-78-33-13-2-14-34-78)127-76-102-103(129-107(113)88-53-94(119-68-79-35-15-3-16-36-79)62-95(54-88)120-69-80-37-17-4-18-38-80)104(130-108(114)89-55-96(121-70-81-39-19-5-20-40-81)63-97(56-89)122-71-82-41-21-6-22-42-82)105(131-109(115)90-57-98(123-72-83-43-23-7-24-44-83)64-99(58-90)124-73-84-45-25-8-26-46-84)111(128-102)132-110(116)91-59-100(125-74-85-47-27-9-28-48-85)65-101(60-91)126-75-86-49-29-10-30-50-86/h1-65,102-105,111H,66-76H2/t102-,103-,104+,105-,111-/m1/s1. The summed E-state index contributed by atoms with van der Waals surface area (Å²) < 4.78 is 105. The van der Waals surface area contributed by atoms with Crippen molar-refractivity contribution < 1.29 is 99.8 Å². The van der Waals surface area contributed by atoms with Gasteiger partial charge in [-0.1, -0.05) is 303 Å². The van der Waals surface area contributed by atoms with Crippen molar-refractivity contribution in [1.82, 2.24) is 0 Å². The SMILES string of the molecule is O=C(OC[C@H]1O[C@H](OC(=O)c2cc(OCc3ccccc3)cc(OCc3ccccc3)c2)[C@H](OC(=O)c2cc(OCc3ccccc3)cc(OCc3ccccc3)c2)[C@@H](OC(=O)c2cc(OCc3ccccc3)cc(OCc3ccccc3)c2)[C@@H]1OC(=O)c1cc(OCc2ccccc2)cc(OCc2ccccc2)c1)c1cc(OCc2ccccc2)cc(OCc2ccccc2)c1. The molecule has 15 aromatic rings. The summed E-state index contributed by atoms with van der Waals surface area (Å²) in [6, 6.07) is 116. The number of esters is 5. The van der Waals surface area contributed by atoms with E-state index >= 15 is 24.0 Å². The molecule has 16 rings (SSSR count). The van der Waals surface area contributed by atoms with E-state index in [4.69, 9.17) is 75.8 Å². The van der Waals surface area contributed by atoms with Crippen molar-refractivity contribution in [3.63, 3.8) is 0 Å². The van der Waals surface area contributed by atoms with Crippen molar-refractivity contribution in [2.24, 2.45) is 0 Å². The number of hydrogen-bond acceptors (Lipinski definition) is 21. The first-order valence-electron chi connectivity index (χ1n) is 43.0. The Morgan fingerprint density at radius 2 is 0.356 bits per heavy atom. The van der Waals surface area contributed by atoms with E-state index in [1.807, 2.05) is 303 Å². The lowest BCUT2D eigenvalue weighted by atomic mass is 9.97. The predicted molar refractivity (Wildman–Crippen MR) is 492 cm³/mol. The topological polar surface area (TPSA) is 233 Å². The number of carbonyl (C=O) groups is 5. The average Bonchev–Trinajstić information content (AvgIpc) is 0.765. The Balaban J connectivity index is 0.851. The van der Waals surface area contributed by atoms with E-state index in [-0.39, 0.29) is 151 Å². The first-order valence-corrected chi connectivity index (χ1v) is 43.0. The highest BCUT2D eigenvalue weighted by Crippen LogP contribution is 2.38. The molecule has 5 atom stereocenters. The summed E-state index contributed by atoms with van der Waals surface area (Å²) in [5.74, 6) is -3.91. The van der Waals surface area contributed by atoms with Gasteiger partial charge in [0, 0.05) is 30.3 Å². The lowest BCUT2D eigenvalue weighted by Gasteiger charge is -2.44. The zero-order chi connectivity index (χ0) is 90.3. The van der Waals surface area contributed by atoms with Gasteiger partial charge in [0.2, 0.25) is 12.4 Å². The van der Waals surface area contributed by atoms with Crippen LogP contribution in [0.3, 0.4) is 0 Å². The third-order valence-electron chi connectivity index (χ3n) is 21.0. The highest BCUT2D eigenvalue weighted by atomic mass is 16.7. The Bertz CT molecular complexity index is 5960. The number of hydrogen-bond donors (Lipinski definition) is 0. The molecule has 21 heteroatoms. The molecule has 0 bridgehead atoms. The van der Waals surface area contributed by atoms with Gasteiger partial charge in [-0.05, 0) is 116 Å². The van der Waals surface area contributed by atoms with Gasteiger partial charge in [0.05, 0.1) is 27.8 Å². The molecule has 0 aromatic heterocycles. The van der Waals surface area contributed by atoms with Crippen LogP contribution in [0.1, 0.15) is 107 Å². The summed E-state index contributed by atoms with van der Waals surface area (Å²) in [6.07, 6.45) is -10.6. The van der Waals surface area contributed by atoms with E-state index in [1.165, 1.54) is 60.7 Å². The Kier molecular flexibility index (Phi) is 30.6. The van der Waals surface area contributed by atoms with Crippen molar-refractivity contribution in [1.29, 1.82) is 0 Å². The molecule has 0 saturated carbocycles. The van der Waals surface area contributed by atoms with Crippen molar-refractivity contribution in [3.05, 3.63) is 478 Å². The molecule has 1 aliphatic rings. The molecule has 0 unspecified atom stereocenters. The van der Waals surface area contributed by atoms with Gasteiger partial charge in [-0.25, -0.2) is 24.0 Å². The molecule has 1 aliphatic heterocycles. The summed E-state index contributed by atoms with van der Waals surface area (Å²) in [4.78, 5) is 80.5. The molecule has 1 heterocycles. The minimum atomic E-state index is -2.25. The maximum absolute atomic E-state index is 16.4. The van der Waals surface area contributed by atoms with E-state index in [0.29, 0.717) is 0 Å². The van der Waals surface area contributed by atoms with E-state index in [0.717, 1.165) is 55.6 Å². The molecule has 0 amide bonds. The van der Waals surface area contributed by atoms with Crippen LogP contribution in [0, 0.1) is 0 Å². The van der Waals surface area contributed by atoms with E-state index in [2.05, 4.69) is 0 Å². The molecule has 132 heavy (non-hydrogen) atoms. The average molecular weight is 1760 g/mol. The van der Waals surface area contributed by atoms with E-state index in [9.17, 15) is 0 Å². The summed E-state index contributed by atoms with van der Waals surface area (Å²) in [5.41, 5.74) is 7.15. The van der Waals surface area contributed by atoms with Gasteiger partial charge in [0.25, 0.3) is 0 Å². The van der Waals surface area contributed by atoms with Crippen molar-refractivity contribution in [3.8, 4) is 57.5 Å². The Morgan fingerprint density at radius 1 is 0.189 bits per heavy atom. The minimum absolute atomic E-state index is 0.0334. The fourth-order valence-corrected chi connectivity index (χ4v) is 14.2. The van der Waals surface area contributed by atoms with Crippen LogP contribution in [0.15, 0.2) is 394 Å². The van der Waals surface area contributed by atoms with Gasteiger partial charge < -0.3 is 75.8 Å². The normalized spacial score (nSPS) is 14.3. The maximum atomic E-state index is 16.4. The van der Waals surface area contributed by atoms with Gasteiger partial charge in [-0.3, -0.25) is 0 Å². The van der Waals surface area contributed by atoms with Crippen LogP contribution < -0.4 is 47.4 Å². The summed E-state index contributed by atoms with van der Waals surface area (Å²) in [7, 11) is 0. The molecule has 0 radical (unpaired) electrons. The minimum Gasteiger partial charge on any atom is -0.489 e. The zero-order valence-electron chi connectivity index (χ0n) is 71.8. The molecule has 0 N–H and O–H groups in total. The van der Waals surface area contributed by atoms with Crippen LogP contribution in [0.5, 0.6) is 57.5 Å². The smallest absolute Gasteiger partial charge is 0.340 e. The van der Waals surface area contributed by atoms with Gasteiger partial charge >= 0.3 is 29.8 Å². The highest BCUT2D eigenvalue weighted by molar-refractivity contribution is 5.94. The van der Waals surface area contributed by atoms with Gasteiger partial charge in [-0.15, -0.1) is 0 Å². The summed E-state index contributed by atoms with van der Waals surface area (Å²) >= 11 is 0. The van der Waals surface area contributed by atoms with Crippen LogP contribution in [0.25, 0.3) is 0 Å². The molecular weight excluding hydrogens is 1670 g/mol. The molecule has 0 aliphatic carbocycles. The number of ether oxygens (including phenoxy) is 16. The van der Waals surface area contributed by atoms with Crippen LogP contribution in [0.2, 0.25) is 0 Å². The van der Waals surface area contributed by atoms with Crippen LogP contribution in [-0.4, -0.2) is 67.2 Å². The number of rotatable bonds is 41. The Hall–Kier alpha value is -16.4. The van der Waals surface area contributed by atoms with Gasteiger partial charge in [0.15, 0.2) is 12.2 Å². The van der Waals surface area contributed by atoms with Crippen molar-refractivity contribution >= 4 is 29.8 Å². The predicted octanol–water partition coefficient (Wildman–Crippen LogP) is 21.9. The van der Waals surface area contributed by atoms with Crippen LogP contribution in [-0.2, 0) is 94.5 Å². The second kappa shape index (κ2) is 45.3. The fraction of sp³-hybridized carbons (Fsp3) is 0.144. The van der Waals surface area contributed by atoms with Crippen LogP contribution >= 0.6 is 0 Å². The molecular formula is C111H92O21. The molecule has 0 spiro atoms. The second-order valence-electron chi connectivity index (χ2n) is 30.9.